The van der Waals surface area contributed by atoms with Crippen LogP contribution in [0.1, 0.15) is 24.4 Å². The van der Waals surface area contributed by atoms with Crippen LogP contribution < -0.4 is 5.73 Å². The number of aryl methyl sites for hydroxylation is 1. The summed E-state index contributed by atoms with van der Waals surface area (Å²) in [5.74, 6) is -0.591. The number of carboxylic acids is 1. The molecule has 1 atom stereocenters. The Labute approximate surface area is 91.7 Å². The standard InChI is InChI=1S/C10H12N4O2/c1-2-6-8(7(11)9(15)16)14-5-3-4-12-10(14)13-6/h3-5,7H,2,11H2,1H3,(H,15,16). The molecule has 2 heterocycles. The molecule has 6 nitrogen and oxygen atoms in total. The third-order valence-corrected chi connectivity index (χ3v) is 2.41. The molecule has 0 radical (unpaired) electrons. The number of rotatable bonds is 3. The molecule has 0 bridgehead atoms. The maximum Gasteiger partial charge on any atom is 0.326 e. The maximum atomic E-state index is 10.9. The number of nitrogens with two attached hydrogens (primary N) is 1. The highest BCUT2D eigenvalue weighted by Crippen LogP contribution is 2.18. The summed E-state index contributed by atoms with van der Waals surface area (Å²) in [6.07, 6.45) is 3.95. The van der Waals surface area contributed by atoms with Gasteiger partial charge < -0.3 is 10.8 Å². The normalized spacial score (nSPS) is 12.9. The summed E-state index contributed by atoms with van der Waals surface area (Å²) in [6, 6.07) is 0.640. The SMILES string of the molecule is CCc1nc2ncccn2c1C(N)C(=O)O. The van der Waals surface area contributed by atoms with E-state index < -0.39 is 12.0 Å². The molecule has 0 saturated heterocycles. The Morgan fingerprint density at radius 3 is 3.06 bits per heavy atom. The Kier molecular flexibility index (Phi) is 2.57. The first kappa shape index (κ1) is 10.6. The molecular formula is C10H12N4O2. The smallest absolute Gasteiger partial charge is 0.326 e. The fraction of sp³-hybridized carbons (Fsp3) is 0.300. The molecular weight excluding hydrogens is 208 g/mol. The minimum Gasteiger partial charge on any atom is -0.480 e. The molecule has 6 heteroatoms. The maximum absolute atomic E-state index is 10.9. The van der Waals surface area contributed by atoms with Crippen molar-refractivity contribution in [3.63, 3.8) is 0 Å². The number of carboxylic acid groups (broad SMARTS) is 1. The van der Waals surface area contributed by atoms with E-state index in [4.69, 9.17) is 10.8 Å². The number of nitrogens with zero attached hydrogens (tertiary/aromatic N) is 3. The Morgan fingerprint density at radius 1 is 1.69 bits per heavy atom. The number of carbonyl (C=O) groups is 1. The van der Waals surface area contributed by atoms with Gasteiger partial charge in [0.25, 0.3) is 0 Å². The number of imidazole rings is 1. The zero-order chi connectivity index (χ0) is 11.7. The number of aromatic nitrogens is 3. The van der Waals surface area contributed by atoms with Gasteiger partial charge >= 0.3 is 5.97 Å². The van der Waals surface area contributed by atoms with Crippen LogP contribution in [0.2, 0.25) is 0 Å². The van der Waals surface area contributed by atoms with E-state index in [0.717, 1.165) is 0 Å². The fourth-order valence-corrected chi connectivity index (χ4v) is 1.66. The predicted molar refractivity (Wildman–Crippen MR) is 56.9 cm³/mol. The number of hydrogen-bond donors (Lipinski definition) is 2. The molecule has 0 aliphatic rings. The van der Waals surface area contributed by atoms with Crippen molar-refractivity contribution in [3.8, 4) is 0 Å². The van der Waals surface area contributed by atoms with Crippen LogP contribution in [0.5, 0.6) is 0 Å². The Bertz CT molecular complexity index is 535. The average Bonchev–Trinajstić information content (AvgIpc) is 2.66. The zero-order valence-corrected chi connectivity index (χ0v) is 8.79. The molecule has 0 spiro atoms. The van der Waals surface area contributed by atoms with Crippen molar-refractivity contribution in [2.75, 3.05) is 0 Å². The summed E-state index contributed by atoms with van der Waals surface area (Å²) < 4.78 is 1.62. The summed E-state index contributed by atoms with van der Waals surface area (Å²) in [4.78, 5) is 19.2. The van der Waals surface area contributed by atoms with E-state index >= 15 is 0 Å². The summed E-state index contributed by atoms with van der Waals surface area (Å²) in [6.45, 7) is 1.90. The highest BCUT2D eigenvalue weighted by molar-refractivity contribution is 5.75. The van der Waals surface area contributed by atoms with Crippen molar-refractivity contribution >= 4 is 11.7 Å². The predicted octanol–water partition coefficient (Wildman–Crippen LogP) is 0.376. The second kappa shape index (κ2) is 3.90. The number of aliphatic carboxylic acids is 1. The summed E-state index contributed by atoms with van der Waals surface area (Å²) in [5, 5.41) is 8.95. The van der Waals surface area contributed by atoms with E-state index in [1.54, 1.807) is 22.9 Å². The fourth-order valence-electron chi connectivity index (χ4n) is 1.66. The summed E-state index contributed by atoms with van der Waals surface area (Å²) in [7, 11) is 0. The lowest BCUT2D eigenvalue weighted by atomic mass is 10.1. The lowest BCUT2D eigenvalue weighted by Crippen LogP contribution is -2.23. The van der Waals surface area contributed by atoms with Crippen molar-refractivity contribution < 1.29 is 9.90 Å². The molecule has 16 heavy (non-hydrogen) atoms. The van der Waals surface area contributed by atoms with E-state index in [1.807, 2.05) is 6.92 Å². The Hall–Kier alpha value is -1.95. The lowest BCUT2D eigenvalue weighted by Gasteiger charge is -2.07. The molecule has 2 rings (SSSR count). The van der Waals surface area contributed by atoms with Crippen molar-refractivity contribution in [1.82, 2.24) is 14.4 Å². The van der Waals surface area contributed by atoms with Crippen LogP contribution in [0.4, 0.5) is 0 Å². The monoisotopic (exact) mass is 220 g/mol. The van der Waals surface area contributed by atoms with Gasteiger partial charge in [-0.3, -0.25) is 9.20 Å². The molecule has 0 fully saturated rings. The van der Waals surface area contributed by atoms with E-state index in [-0.39, 0.29) is 0 Å². The van der Waals surface area contributed by atoms with Crippen molar-refractivity contribution in [3.05, 3.63) is 29.8 Å². The number of fused-ring (bicyclic) bond motifs is 1. The van der Waals surface area contributed by atoms with Crippen molar-refractivity contribution in [2.24, 2.45) is 5.73 Å². The van der Waals surface area contributed by atoms with Gasteiger partial charge in [-0.2, -0.15) is 0 Å². The topological polar surface area (TPSA) is 93.5 Å². The van der Waals surface area contributed by atoms with E-state index in [2.05, 4.69) is 9.97 Å². The van der Waals surface area contributed by atoms with Crippen LogP contribution in [0, 0.1) is 0 Å². The van der Waals surface area contributed by atoms with Gasteiger partial charge in [0, 0.05) is 12.4 Å². The molecule has 1 unspecified atom stereocenters. The number of hydrogen-bond acceptors (Lipinski definition) is 4. The van der Waals surface area contributed by atoms with E-state index in [1.165, 1.54) is 0 Å². The van der Waals surface area contributed by atoms with E-state index in [9.17, 15) is 4.79 Å². The molecule has 2 aromatic heterocycles. The molecule has 0 aliphatic carbocycles. The Morgan fingerprint density at radius 2 is 2.44 bits per heavy atom. The third kappa shape index (κ3) is 1.53. The largest absolute Gasteiger partial charge is 0.480 e. The van der Waals surface area contributed by atoms with Gasteiger partial charge in [-0.05, 0) is 12.5 Å². The third-order valence-electron chi connectivity index (χ3n) is 2.41. The molecule has 2 aromatic rings. The molecule has 0 amide bonds. The quantitative estimate of drug-likeness (QED) is 0.779. The van der Waals surface area contributed by atoms with Gasteiger partial charge in [0.2, 0.25) is 5.78 Å². The molecule has 84 valence electrons. The van der Waals surface area contributed by atoms with Crippen molar-refractivity contribution in [2.45, 2.75) is 19.4 Å². The van der Waals surface area contributed by atoms with Gasteiger partial charge in [0.1, 0.15) is 6.04 Å². The average molecular weight is 220 g/mol. The highest BCUT2D eigenvalue weighted by Gasteiger charge is 2.23. The van der Waals surface area contributed by atoms with Crippen LogP contribution in [0.15, 0.2) is 18.5 Å². The van der Waals surface area contributed by atoms with Gasteiger partial charge in [-0.25, -0.2) is 9.97 Å². The lowest BCUT2D eigenvalue weighted by molar-refractivity contribution is -0.138. The van der Waals surface area contributed by atoms with Crippen LogP contribution in [0.25, 0.3) is 5.78 Å². The zero-order valence-electron chi connectivity index (χ0n) is 8.79. The van der Waals surface area contributed by atoms with Gasteiger partial charge in [-0.1, -0.05) is 6.92 Å². The van der Waals surface area contributed by atoms with Gasteiger partial charge in [0.05, 0.1) is 11.4 Å². The first-order valence-electron chi connectivity index (χ1n) is 4.95. The van der Waals surface area contributed by atoms with Crippen LogP contribution in [-0.4, -0.2) is 25.4 Å². The van der Waals surface area contributed by atoms with Crippen LogP contribution >= 0.6 is 0 Å². The second-order valence-electron chi connectivity index (χ2n) is 3.40. The highest BCUT2D eigenvalue weighted by atomic mass is 16.4. The van der Waals surface area contributed by atoms with Gasteiger partial charge in [-0.15, -0.1) is 0 Å². The van der Waals surface area contributed by atoms with Crippen molar-refractivity contribution in [1.29, 1.82) is 0 Å². The minimum atomic E-state index is -1.07. The summed E-state index contributed by atoms with van der Waals surface area (Å²) in [5.41, 5.74) is 6.81. The van der Waals surface area contributed by atoms with Crippen LogP contribution in [0.3, 0.4) is 0 Å². The Balaban J connectivity index is 2.69. The van der Waals surface area contributed by atoms with Gasteiger partial charge in [0.15, 0.2) is 0 Å². The minimum absolute atomic E-state index is 0.478. The summed E-state index contributed by atoms with van der Waals surface area (Å²) >= 11 is 0. The molecule has 3 N–H and O–H groups in total. The molecule has 0 aromatic carbocycles. The molecule has 0 saturated carbocycles. The second-order valence-corrected chi connectivity index (χ2v) is 3.40. The first-order valence-corrected chi connectivity index (χ1v) is 4.95. The first-order chi connectivity index (χ1) is 7.65. The van der Waals surface area contributed by atoms with E-state index in [0.29, 0.717) is 23.6 Å². The van der Waals surface area contributed by atoms with Crippen LogP contribution in [-0.2, 0) is 11.2 Å². The molecule has 0 aliphatic heterocycles.